The molecule has 0 saturated heterocycles. The van der Waals surface area contributed by atoms with E-state index < -0.39 is 11.8 Å². The Morgan fingerprint density at radius 2 is 1.92 bits per heavy atom. The fourth-order valence-corrected chi connectivity index (χ4v) is 1.07. The molecule has 0 bridgehead atoms. The SMILES string of the molecule is CC(C)(c1cccc(N)c1)C(F)F. The van der Waals surface area contributed by atoms with Gasteiger partial charge in [-0.15, -0.1) is 0 Å². The average Bonchev–Trinajstić information content (AvgIpc) is 2.04. The van der Waals surface area contributed by atoms with E-state index in [1.54, 1.807) is 24.3 Å². The molecule has 0 fully saturated rings. The Morgan fingerprint density at radius 1 is 1.31 bits per heavy atom. The first-order valence-electron chi connectivity index (χ1n) is 4.09. The van der Waals surface area contributed by atoms with E-state index in [0.717, 1.165) is 0 Å². The van der Waals surface area contributed by atoms with Crippen molar-refractivity contribution in [1.82, 2.24) is 0 Å². The smallest absolute Gasteiger partial charge is 0.247 e. The molecule has 0 spiro atoms. The highest BCUT2D eigenvalue weighted by atomic mass is 19.3. The minimum absolute atomic E-state index is 0.520. The molecule has 1 aromatic rings. The molecular formula is C10H13F2N. The molecule has 13 heavy (non-hydrogen) atoms. The Labute approximate surface area is 76.6 Å². The topological polar surface area (TPSA) is 26.0 Å². The van der Waals surface area contributed by atoms with Gasteiger partial charge in [-0.2, -0.15) is 0 Å². The second-order valence-electron chi connectivity index (χ2n) is 3.65. The Hall–Kier alpha value is -1.12. The van der Waals surface area contributed by atoms with Gasteiger partial charge in [0, 0.05) is 5.69 Å². The van der Waals surface area contributed by atoms with Gasteiger partial charge in [-0.1, -0.05) is 26.0 Å². The Bertz CT molecular complexity index is 295. The van der Waals surface area contributed by atoms with Crippen LogP contribution in [0.15, 0.2) is 24.3 Å². The standard InChI is InChI=1S/C10H13F2N/c1-10(2,9(11)12)7-4-3-5-8(13)6-7/h3-6,9H,13H2,1-2H3. The number of hydrogen-bond acceptors (Lipinski definition) is 1. The quantitative estimate of drug-likeness (QED) is 0.704. The summed E-state index contributed by atoms with van der Waals surface area (Å²) in [4.78, 5) is 0. The largest absolute Gasteiger partial charge is 0.399 e. The zero-order valence-corrected chi connectivity index (χ0v) is 7.72. The molecule has 1 rings (SSSR count). The highest BCUT2D eigenvalue weighted by Gasteiger charge is 2.31. The van der Waals surface area contributed by atoms with Gasteiger partial charge in [0.25, 0.3) is 0 Å². The van der Waals surface area contributed by atoms with Crippen molar-refractivity contribution in [2.75, 3.05) is 5.73 Å². The van der Waals surface area contributed by atoms with Crippen LogP contribution in [0.3, 0.4) is 0 Å². The maximum Gasteiger partial charge on any atom is 0.247 e. The fourth-order valence-electron chi connectivity index (χ4n) is 1.07. The van der Waals surface area contributed by atoms with Crippen molar-refractivity contribution in [2.45, 2.75) is 25.7 Å². The van der Waals surface area contributed by atoms with Crippen molar-refractivity contribution >= 4 is 5.69 Å². The Balaban J connectivity index is 3.07. The van der Waals surface area contributed by atoms with Gasteiger partial charge in [-0.25, -0.2) is 8.78 Å². The summed E-state index contributed by atoms with van der Waals surface area (Å²) in [5.41, 5.74) is 5.47. The minimum Gasteiger partial charge on any atom is -0.399 e. The number of benzene rings is 1. The van der Waals surface area contributed by atoms with Crippen LogP contribution in [0, 0.1) is 0 Å². The number of alkyl halides is 2. The molecule has 0 aliphatic heterocycles. The zero-order valence-electron chi connectivity index (χ0n) is 7.72. The van der Waals surface area contributed by atoms with Crippen molar-refractivity contribution in [3.8, 4) is 0 Å². The van der Waals surface area contributed by atoms with E-state index in [0.29, 0.717) is 11.3 Å². The molecule has 72 valence electrons. The summed E-state index contributed by atoms with van der Waals surface area (Å²) < 4.78 is 25.2. The molecular weight excluding hydrogens is 172 g/mol. The van der Waals surface area contributed by atoms with E-state index in [-0.39, 0.29) is 0 Å². The number of nitrogen functional groups attached to an aromatic ring is 1. The van der Waals surface area contributed by atoms with Crippen LogP contribution in [0.4, 0.5) is 14.5 Å². The van der Waals surface area contributed by atoms with E-state index in [4.69, 9.17) is 5.73 Å². The molecule has 0 atom stereocenters. The third kappa shape index (κ3) is 1.97. The van der Waals surface area contributed by atoms with Crippen LogP contribution < -0.4 is 5.73 Å². The summed E-state index contributed by atoms with van der Waals surface area (Å²) in [6, 6.07) is 6.63. The predicted molar refractivity (Wildman–Crippen MR) is 49.9 cm³/mol. The van der Waals surface area contributed by atoms with Crippen molar-refractivity contribution in [3.05, 3.63) is 29.8 Å². The van der Waals surface area contributed by atoms with Gasteiger partial charge in [0.05, 0.1) is 5.41 Å². The number of hydrogen-bond donors (Lipinski definition) is 1. The number of halogens is 2. The van der Waals surface area contributed by atoms with Crippen LogP contribution in [0.2, 0.25) is 0 Å². The lowest BCUT2D eigenvalue weighted by atomic mass is 9.85. The van der Waals surface area contributed by atoms with Crippen LogP contribution in [0.25, 0.3) is 0 Å². The maximum absolute atomic E-state index is 12.6. The van der Waals surface area contributed by atoms with Crippen molar-refractivity contribution in [3.63, 3.8) is 0 Å². The lowest BCUT2D eigenvalue weighted by Crippen LogP contribution is -2.26. The summed E-state index contributed by atoms with van der Waals surface area (Å²) >= 11 is 0. The van der Waals surface area contributed by atoms with Gasteiger partial charge in [0.15, 0.2) is 0 Å². The summed E-state index contributed by atoms with van der Waals surface area (Å²) in [5.74, 6) is 0. The zero-order chi connectivity index (χ0) is 10.1. The molecule has 0 heterocycles. The van der Waals surface area contributed by atoms with Crippen LogP contribution in [0.5, 0.6) is 0 Å². The lowest BCUT2D eigenvalue weighted by Gasteiger charge is -2.24. The normalized spacial score (nSPS) is 12.1. The van der Waals surface area contributed by atoms with Gasteiger partial charge in [0.2, 0.25) is 6.43 Å². The lowest BCUT2D eigenvalue weighted by molar-refractivity contribution is 0.0694. The van der Waals surface area contributed by atoms with Gasteiger partial charge in [0.1, 0.15) is 0 Å². The van der Waals surface area contributed by atoms with Crippen molar-refractivity contribution in [1.29, 1.82) is 0 Å². The summed E-state index contributed by atoms with van der Waals surface area (Å²) in [7, 11) is 0. The summed E-state index contributed by atoms with van der Waals surface area (Å²) in [6.45, 7) is 3.01. The van der Waals surface area contributed by atoms with E-state index in [9.17, 15) is 8.78 Å². The monoisotopic (exact) mass is 185 g/mol. The molecule has 0 aliphatic carbocycles. The van der Waals surface area contributed by atoms with Crippen LogP contribution in [-0.2, 0) is 5.41 Å². The van der Waals surface area contributed by atoms with E-state index in [1.807, 2.05) is 0 Å². The first-order chi connectivity index (χ1) is 5.94. The van der Waals surface area contributed by atoms with Crippen molar-refractivity contribution < 1.29 is 8.78 Å². The number of anilines is 1. The molecule has 3 heteroatoms. The first kappa shape index (κ1) is 9.96. The number of nitrogens with two attached hydrogens (primary N) is 1. The Kier molecular flexibility index (Phi) is 2.55. The molecule has 1 aromatic carbocycles. The van der Waals surface area contributed by atoms with Gasteiger partial charge in [-0.3, -0.25) is 0 Å². The van der Waals surface area contributed by atoms with E-state index >= 15 is 0 Å². The second-order valence-corrected chi connectivity index (χ2v) is 3.65. The molecule has 0 aliphatic rings. The van der Waals surface area contributed by atoms with Crippen LogP contribution in [-0.4, -0.2) is 6.43 Å². The van der Waals surface area contributed by atoms with Crippen molar-refractivity contribution in [2.24, 2.45) is 0 Å². The highest BCUT2D eigenvalue weighted by molar-refractivity contribution is 5.43. The minimum atomic E-state index is -2.38. The van der Waals surface area contributed by atoms with Crippen LogP contribution >= 0.6 is 0 Å². The maximum atomic E-state index is 12.6. The van der Waals surface area contributed by atoms with Gasteiger partial charge < -0.3 is 5.73 Å². The molecule has 2 N–H and O–H groups in total. The first-order valence-corrected chi connectivity index (χ1v) is 4.09. The van der Waals surface area contributed by atoms with E-state index in [2.05, 4.69) is 0 Å². The van der Waals surface area contributed by atoms with E-state index in [1.165, 1.54) is 13.8 Å². The summed E-state index contributed by atoms with van der Waals surface area (Å²) in [5, 5.41) is 0. The fraction of sp³-hybridized carbons (Fsp3) is 0.400. The molecule has 0 saturated carbocycles. The van der Waals surface area contributed by atoms with Gasteiger partial charge in [-0.05, 0) is 17.7 Å². The predicted octanol–water partition coefficient (Wildman–Crippen LogP) is 2.81. The third-order valence-corrected chi connectivity index (χ3v) is 2.18. The molecule has 0 unspecified atom stereocenters. The molecule has 1 nitrogen and oxygen atoms in total. The molecule has 0 radical (unpaired) electrons. The molecule has 0 aromatic heterocycles. The van der Waals surface area contributed by atoms with Gasteiger partial charge >= 0.3 is 0 Å². The third-order valence-electron chi connectivity index (χ3n) is 2.18. The highest BCUT2D eigenvalue weighted by Crippen LogP contribution is 2.30. The summed E-state index contributed by atoms with van der Waals surface area (Å²) in [6.07, 6.45) is -2.38. The molecule has 0 amide bonds. The van der Waals surface area contributed by atoms with Crippen LogP contribution in [0.1, 0.15) is 19.4 Å². The Morgan fingerprint density at radius 3 is 2.38 bits per heavy atom. The average molecular weight is 185 g/mol. The second kappa shape index (κ2) is 3.32. The number of rotatable bonds is 2.